The van der Waals surface area contributed by atoms with E-state index in [-0.39, 0.29) is 0 Å². The molecule has 5 aromatic heterocycles. The number of rotatable bonds is 6. The standard InChI is InChI=1S/C64H45N5O/c1-3-14-40(15-4-1)41-28-32-58-53(35-41)50-22-9-12-25-57(50)68(58)47-29-33-61-54(38-47)63-64(70-61)62(65-39-66-63)44-16-13-19-46(34-44)69-56-24-11-8-21-49(56)52-31-27-43(37-60(52)69)42-26-30-51-48-20-7-10-23-55(48)67(59(51)36-42)45-17-5-2-6-18-45/h2,5-13,16-40H,1,3-4,14-15H2. The van der Waals surface area contributed by atoms with Crippen LogP contribution in [0.3, 0.4) is 0 Å². The molecule has 0 N–H and O–H groups in total. The Bertz CT molecular complexity index is 4410. The summed E-state index contributed by atoms with van der Waals surface area (Å²) >= 11 is 0. The van der Waals surface area contributed by atoms with E-state index >= 15 is 0 Å². The van der Waals surface area contributed by atoms with E-state index in [1.54, 1.807) is 6.33 Å². The second-order valence-corrected chi connectivity index (χ2v) is 19.2. The van der Waals surface area contributed by atoms with E-state index in [4.69, 9.17) is 14.4 Å². The van der Waals surface area contributed by atoms with Gasteiger partial charge in [-0.05, 0) is 120 Å². The number of hydrogen-bond donors (Lipinski definition) is 0. The fourth-order valence-electron chi connectivity index (χ4n) is 12.1. The zero-order valence-electron chi connectivity index (χ0n) is 38.4. The summed E-state index contributed by atoms with van der Waals surface area (Å²) in [6, 6.07) is 73.1. The Hall–Kier alpha value is -8.74. The number of nitrogens with zero attached hydrogens (tertiary/aromatic N) is 5. The van der Waals surface area contributed by atoms with Crippen LogP contribution in [0.1, 0.15) is 43.6 Å². The molecule has 0 bridgehead atoms. The molecule has 0 aliphatic heterocycles. The third kappa shape index (κ3) is 5.92. The lowest BCUT2D eigenvalue weighted by Crippen LogP contribution is -2.04. The summed E-state index contributed by atoms with van der Waals surface area (Å²) in [5.41, 5.74) is 18.1. The van der Waals surface area contributed by atoms with E-state index in [1.807, 2.05) is 0 Å². The van der Waals surface area contributed by atoms with Gasteiger partial charge in [0.05, 0.1) is 33.1 Å². The Morgan fingerprint density at radius 1 is 0.371 bits per heavy atom. The van der Waals surface area contributed by atoms with Crippen molar-refractivity contribution < 1.29 is 4.42 Å². The van der Waals surface area contributed by atoms with Crippen molar-refractivity contribution in [3.63, 3.8) is 0 Å². The first kappa shape index (κ1) is 39.3. The van der Waals surface area contributed by atoms with Crippen LogP contribution in [-0.2, 0) is 0 Å². The third-order valence-electron chi connectivity index (χ3n) is 15.3. The van der Waals surface area contributed by atoms with Gasteiger partial charge < -0.3 is 18.1 Å². The largest absolute Gasteiger partial charge is 0.452 e. The minimum atomic E-state index is 0.645. The molecule has 9 aromatic carbocycles. The van der Waals surface area contributed by atoms with Gasteiger partial charge in [0.2, 0.25) is 0 Å². The van der Waals surface area contributed by atoms with Gasteiger partial charge in [0.1, 0.15) is 23.1 Å². The fraction of sp³-hybridized carbons (Fsp3) is 0.0938. The number of benzene rings is 9. The molecule has 1 aliphatic rings. The first-order valence-electron chi connectivity index (χ1n) is 24.7. The van der Waals surface area contributed by atoms with E-state index < -0.39 is 0 Å². The molecule has 15 rings (SSSR count). The number of fused-ring (bicyclic) bond motifs is 12. The van der Waals surface area contributed by atoms with Gasteiger partial charge in [-0.25, -0.2) is 9.97 Å². The summed E-state index contributed by atoms with van der Waals surface area (Å²) in [7, 11) is 0. The monoisotopic (exact) mass is 899 g/mol. The molecule has 332 valence electrons. The molecule has 0 spiro atoms. The van der Waals surface area contributed by atoms with Crippen LogP contribution in [0.2, 0.25) is 0 Å². The number of hydrogen-bond acceptors (Lipinski definition) is 3. The highest BCUT2D eigenvalue weighted by atomic mass is 16.3. The highest BCUT2D eigenvalue weighted by Gasteiger charge is 2.22. The molecule has 1 saturated carbocycles. The average Bonchev–Trinajstić information content (AvgIpc) is 4.17. The summed E-state index contributed by atoms with van der Waals surface area (Å²) in [6.45, 7) is 0. The van der Waals surface area contributed by atoms with Crippen molar-refractivity contribution >= 4 is 87.5 Å². The molecule has 14 aromatic rings. The summed E-state index contributed by atoms with van der Waals surface area (Å²) < 4.78 is 13.9. The van der Waals surface area contributed by atoms with Crippen molar-refractivity contribution in [2.45, 2.75) is 38.0 Å². The molecule has 0 atom stereocenters. The predicted octanol–water partition coefficient (Wildman–Crippen LogP) is 17.0. The second-order valence-electron chi connectivity index (χ2n) is 19.2. The molecule has 1 fully saturated rings. The number of para-hydroxylation sites is 4. The smallest absolute Gasteiger partial charge is 0.180 e. The molecule has 5 heterocycles. The summed E-state index contributed by atoms with van der Waals surface area (Å²) in [4.78, 5) is 9.81. The Morgan fingerprint density at radius 2 is 0.943 bits per heavy atom. The molecule has 0 saturated heterocycles. The summed E-state index contributed by atoms with van der Waals surface area (Å²) in [6.07, 6.45) is 8.25. The molecule has 1 aliphatic carbocycles. The van der Waals surface area contributed by atoms with Gasteiger partial charge in [0, 0.05) is 60.3 Å². The van der Waals surface area contributed by atoms with Gasteiger partial charge in [-0.2, -0.15) is 0 Å². The van der Waals surface area contributed by atoms with Crippen LogP contribution in [0.25, 0.3) is 127 Å². The van der Waals surface area contributed by atoms with Crippen LogP contribution in [0, 0.1) is 0 Å². The van der Waals surface area contributed by atoms with Crippen LogP contribution in [-0.4, -0.2) is 23.7 Å². The lowest BCUT2D eigenvalue weighted by molar-refractivity contribution is 0.444. The summed E-state index contributed by atoms with van der Waals surface area (Å²) in [5.74, 6) is 0.645. The Labute approximate surface area is 403 Å². The average molecular weight is 900 g/mol. The maximum absolute atomic E-state index is 6.75. The zero-order valence-corrected chi connectivity index (χ0v) is 38.4. The van der Waals surface area contributed by atoms with Crippen LogP contribution >= 0.6 is 0 Å². The lowest BCUT2D eigenvalue weighted by atomic mass is 9.84. The topological polar surface area (TPSA) is 53.7 Å². The van der Waals surface area contributed by atoms with E-state index in [0.29, 0.717) is 11.5 Å². The van der Waals surface area contributed by atoms with Crippen LogP contribution in [0.5, 0.6) is 0 Å². The summed E-state index contributed by atoms with van der Waals surface area (Å²) in [5, 5.41) is 8.46. The molecular formula is C64H45N5O. The van der Waals surface area contributed by atoms with Crippen molar-refractivity contribution in [1.82, 2.24) is 23.7 Å². The maximum Gasteiger partial charge on any atom is 0.180 e. The van der Waals surface area contributed by atoms with E-state index in [9.17, 15) is 0 Å². The van der Waals surface area contributed by atoms with Crippen LogP contribution < -0.4 is 0 Å². The Kier molecular flexibility index (Phi) is 8.63. The second kappa shape index (κ2) is 15.4. The van der Waals surface area contributed by atoms with Gasteiger partial charge in [-0.15, -0.1) is 0 Å². The predicted molar refractivity (Wildman–Crippen MR) is 289 cm³/mol. The maximum atomic E-state index is 6.75. The third-order valence-corrected chi connectivity index (χ3v) is 15.3. The van der Waals surface area contributed by atoms with Crippen LogP contribution in [0.4, 0.5) is 0 Å². The Balaban J connectivity index is 0.848. The van der Waals surface area contributed by atoms with E-state index in [1.165, 1.54) is 97.6 Å². The van der Waals surface area contributed by atoms with Crippen molar-refractivity contribution in [2.75, 3.05) is 0 Å². The highest BCUT2D eigenvalue weighted by Crippen LogP contribution is 2.42. The molecule has 0 amide bonds. The molecule has 0 unspecified atom stereocenters. The first-order chi connectivity index (χ1) is 34.7. The Morgan fingerprint density at radius 3 is 1.64 bits per heavy atom. The van der Waals surface area contributed by atoms with Crippen molar-refractivity contribution in [3.05, 3.63) is 212 Å². The van der Waals surface area contributed by atoms with Gasteiger partial charge in [0.25, 0.3) is 0 Å². The van der Waals surface area contributed by atoms with Gasteiger partial charge >= 0.3 is 0 Å². The fourth-order valence-corrected chi connectivity index (χ4v) is 12.1. The van der Waals surface area contributed by atoms with Crippen molar-refractivity contribution in [3.8, 4) is 39.4 Å². The van der Waals surface area contributed by atoms with Gasteiger partial charge in [-0.1, -0.05) is 135 Å². The number of furan rings is 1. The van der Waals surface area contributed by atoms with E-state index in [2.05, 4.69) is 214 Å². The normalized spacial score (nSPS) is 13.7. The minimum Gasteiger partial charge on any atom is -0.452 e. The number of aromatic nitrogens is 5. The lowest BCUT2D eigenvalue weighted by Gasteiger charge is -2.22. The molecular weight excluding hydrogens is 855 g/mol. The quantitative estimate of drug-likeness (QED) is 0.167. The van der Waals surface area contributed by atoms with E-state index in [0.717, 1.165) is 61.4 Å². The van der Waals surface area contributed by atoms with Gasteiger partial charge in [-0.3, -0.25) is 0 Å². The molecule has 6 nitrogen and oxygen atoms in total. The van der Waals surface area contributed by atoms with Gasteiger partial charge in [0.15, 0.2) is 5.58 Å². The molecule has 0 radical (unpaired) electrons. The minimum absolute atomic E-state index is 0.645. The first-order valence-corrected chi connectivity index (χ1v) is 24.7. The van der Waals surface area contributed by atoms with Crippen molar-refractivity contribution in [1.29, 1.82) is 0 Å². The molecule has 6 heteroatoms. The highest BCUT2D eigenvalue weighted by molar-refractivity contribution is 6.14. The van der Waals surface area contributed by atoms with Crippen LogP contribution in [0.15, 0.2) is 211 Å². The molecule has 70 heavy (non-hydrogen) atoms. The SMILES string of the molecule is c1ccc(-n2c3ccccc3c3ccc(-c4ccc5c6ccccc6n(-c6cccc(-c7ncnc8c7oc7ccc(-n9c%10ccccc%10c%10cc(C%11CCCCC%11)ccc%109)cc78)c6)c5c4)cc32)cc1. The van der Waals surface area contributed by atoms with Crippen molar-refractivity contribution in [2.24, 2.45) is 0 Å². The zero-order chi connectivity index (χ0) is 45.9.